The van der Waals surface area contributed by atoms with E-state index in [0.717, 1.165) is 54.8 Å². The molecule has 31 heavy (non-hydrogen) atoms. The van der Waals surface area contributed by atoms with Gasteiger partial charge in [0.25, 0.3) is 0 Å². The van der Waals surface area contributed by atoms with Crippen molar-refractivity contribution in [3.8, 4) is 5.75 Å². The molecule has 0 radical (unpaired) electrons. The number of pyridine rings is 1. The van der Waals surface area contributed by atoms with Crippen LogP contribution in [0.2, 0.25) is 0 Å². The topological polar surface area (TPSA) is 65.0 Å². The van der Waals surface area contributed by atoms with Gasteiger partial charge in [-0.25, -0.2) is 4.98 Å². The van der Waals surface area contributed by atoms with E-state index in [0.29, 0.717) is 13.1 Å². The Morgan fingerprint density at radius 2 is 1.84 bits per heavy atom. The Kier molecular flexibility index (Phi) is 8.12. The van der Waals surface area contributed by atoms with Gasteiger partial charge in [-0.2, -0.15) is 0 Å². The number of rotatable bonds is 7. The summed E-state index contributed by atoms with van der Waals surface area (Å²) in [6.45, 7) is 11.7. The molecule has 1 fully saturated rings. The van der Waals surface area contributed by atoms with Crippen molar-refractivity contribution in [2.75, 3.05) is 45.2 Å². The van der Waals surface area contributed by atoms with Crippen LogP contribution in [0, 0.1) is 6.92 Å². The Bertz CT molecular complexity index is 857. The zero-order chi connectivity index (χ0) is 22.2. The van der Waals surface area contributed by atoms with Crippen LogP contribution in [0.3, 0.4) is 0 Å². The minimum atomic E-state index is 0.138. The van der Waals surface area contributed by atoms with Gasteiger partial charge in [-0.1, -0.05) is 18.2 Å². The van der Waals surface area contributed by atoms with E-state index >= 15 is 0 Å². The first-order valence-corrected chi connectivity index (χ1v) is 11.0. The monoisotopic (exact) mass is 424 g/mol. The van der Waals surface area contributed by atoms with Crippen LogP contribution in [-0.2, 0) is 13.1 Å². The summed E-state index contributed by atoms with van der Waals surface area (Å²) >= 11 is 0. The number of likely N-dealkylation sites (N-methyl/N-ethyl adjacent to an activating group) is 1. The number of nitrogens with zero attached hydrogens (tertiary/aromatic N) is 4. The highest BCUT2D eigenvalue weighted by Crippen LogP contribution is 2.21. The maximum atomic E-state index is 5.97. The zero-order valence-corrected chi connectivity index (χ0v) is 19.5. The molecule has 0 spiro atoms. The minimum absolute atomic E-state index is 0.138. The number of benzene rings is 1. The van der Waals surface area contributed by atoms with Crippen molar-refractivity contribution in [3.05, 3.63) is 53.2 Å². The lowest BCUT2D eigenvalue weighted by atomic mass is 10.1. The fourth-order valence-electron chi connectivity index (χ4n) is 3.50. The number of guanidine groups is 1. The molecular formula is C24H36N6O. The van der Waals surface area contributed by atoms with Crippen LogP contribution < -0.4 is 20.3 Å². The maximum absolute atomic E-state index is 5.97. The molecule has 0 atom stereocenters. The third kappa shape index (κ3) is 6.85. The highest BCUT2D eigenvalue weighted by atomic mass is 16.5. The van der Waals surface area contributed by atoms with Crippen molar-refractivity contribution in [3.63, 3.8) is 0 Å². The number of anilines is 1. The van der Waals surface area contributed by atoms with Crippen LogP contribution in [0.25, 0.3) is 0 Å². The summed E-state index contributed by atoms with van der Waals surface area (Å²) in [7, 11) is 3.95. The van der Waals surface area contributed by atoms with Gasteiger partial charge in [-0.05, 0) is 51.1 Å². The number of piperazine rings is 1. The van der Waals surface area contributed by atoms with Crippen molar-refractivity contribution >= 4 is 11.8 Å². The van der Waals surface area contributed by atoms with Crippen molar-refractivity contribution < 1.29 is 4.74 Å². The Morgan fingerprint density at radius 3 is 2.48 bits per heavy atom. The number of ether oxygens (including phenoxy) is 1. The molecule has 7 nitrogen and oxygen atoms in total. The quantitative estimate of drug-likeness (QED) is 0.526. The highest BCUT2D eigenvalue weighted by Gasteiger charge is 2.15. The summed E-state index contributed by atoms with van der Waals surface area (Å²) in [5.41, 5.74) is 3.43. The first-order chi connectivity index (χ1) is 14.9. The largest absolute Gasteiger partial charge is 0.491 e. The molecule has 2 heterocycles. The second-order valence-electron chi connectivity index (χ2n) is 8.37. The van der Waals surface area contributed by atoms with Crippen LogP contribution >= 0.6 is 0 Å². The molecule has 0 aliphatic carbocycles. The summed E-state index contributed by atoms with van der Waals surface area (Å²) in [6, 6.07) is 10.5. The Hall–Kier alpha value is -2.80. The number of aryl methyl sites for hydroxylation is 1. The van der Waals surface area contributed by atoms with E-state index in [2.05, 4.69) is 74.7 Å². The number of nitrogens with one attached hydrogen (secondary N) is 2. The van der Waals surface area contributed by atoms with E-state index in [4.69, 9.17) is 4.74 Å². The van der Waals surface area contributed by atoms with Gasteiger partial charge < -0.3 is 25.2 Å². The van der Waals surface area contributed by atoms with Crippen molar-refractivity contribution in [2.45, 2.75) is 40.0 Å². The fraction of sp³-hybridized carbons (Fsp3) is 0.500. The van der Waals surface area contributed by atoms with Gasteiger partial charge in [0.2, 0.25) is 0 Å². The molecule has 0 bridgehead atoms. The van der Waals surface area contributed by atoms with Crippen molar-refractivity contribution in [1.82, 2.24) is 20.5 Å². The van der Waals surface area contributed by atoms with Crippen LogP contribution in [0.1, 0.15) is 30.5 Å². The predicted molar refractivity (Wildman–Crippen MR) is 128 cm³/mol. The molecule has 0 unspecified atom stereocenters. The average molecular weight is 425 g/mol. The number of hydrogen-bond donors (Lipinski definition) is 2. The second kappa shape index (κ2) is 11.0. The second-order valence-corrected chi connectivity index (χ2v) is 8.37. The first-order valence-electron chi connectivity index (χ1n) is 11.0. The third-order valence-corrected chi connectivity index (χ3v) is 5.35. The molecule has 3 rings (SSSR count). The van der Waals surface area contributed by atoms with E-state index in [1.165, 1.54) is 5.56 Å². The standard InChI is InChI=1S/C24H36N6O/c1-18(2)31-22-14-19(3)6-8-21(22)17-28-24(25-4)27-16-20-7-9-23(26-15-20)30-12-10-29(5)11-13-30/h6-9,14-15,18H,10-13,16-17H2,1-5H3,(H2,25,27,28). The molecule has 168 valence electrons. The molecule has 1 saturated heterocycles. The zero-order valence-electron chi connectivity index (χ0n) is 19.5. The number of aliphatic imine (C=N–C) groups is 1. The van der Waals surface area contributed by atoms with Crippen LogP contribution in [-0.4, -0.2) is 62.2 Å². The lowest BCUT2D eigenvalue weighted by Gasteiger charge is -2.33. The third-order valence-electron chi connectivity index (χ3n) is 5.35. The van der Waals surface area contributed by atoms with Crippen molar-refractivity contribution in [1.29, 1.82) is 0 Å². The lowest BCUT2D eigenvalue weighted by molar-refractivity contribution is 0.239. The molecular weight excluding hydrogens is 388 g/mol. The minimum Gasteiger partial charge on any atom is -0.491 e. The van der Waals surface area contributed by atoms with Gasteiger partial charge in [0.1, 0.15) is 11.6 Å². The summed E-state index contributed by atoms with van der Waals surface area (Å²) in [6.07, 6.45) is 2.09. The highest BCUT2D eigenvalue weighted by molar-refractivity contribution is 5.79. The SMILES string of the molecule is CN=C(NCc1ccc(N2CCN(C)CC2)nc1)NCc1ccc(C)cc1OC(C)C. The molecule has 1 aliphatic rings. The Morgan fingerprint density at radius 1 is 1.10 bits per heavy atom. The fourth-order valence-corrected chi connectivity index (χ4v) is 3.50. The van der Waals surface area contributed by atoms with Gasteiger partial charge in [0.05, 0.1) is 6.10 Å². The molecule has 1 aliphatic heterocycles. The molecule has 2 aromatic rings. The molecule has 2 N–H and O–H groups in total. The van der Waals surface area contributed by atoms with E-state index in [9.17, 15) is 0 Å². The predicted octanol–water partition coefficient (Wildman–Crippen LogP) is 2.79. The van der Waals surface area contributed by atoms with Crippen molar-refractivity contribution in [2.24, 2.45) is 4.99 Å². The molecule has 1 aromatic carbocycles. The summed E-state index contributed by atoms with van der Waals surface area (Å²) in [5, 5.41) is 6.75. The summed E-state index contributed by atoms with van der Waals surface area (Å²) < 4.78 is 5.97. The van der Waals surface area contributed by atoms with E-state index < -0.39 is 0 Å². The van der Waals surface area contributed by atoms with Gasteiger partial charge in [0.15, 0.2) is 5.96 Å². The molecule has 7 heteroatoms. The van der Waals surface area contributed by atoms with Crippen LogP contribution in [0.5, 0.6) is 5.75 Å². The molecule has 1 aromatic heterocycles. The number of hydrogen-bond acceptors (Lipinski definition) is 5. The van der Waals surface area contributed by atoms with Gasteiger partial charge in [-0.15, -0.1) is 0 Å². The normalized spacial score (nSPS) is 15.3. The van der Waals surface area contributed by atoms with E-state index in [-0.39, 0.29) is 6.10 Å². The molecule has 0 saturated carbocycles. The van der Waals surface area contributed by atoms with Gasteiger partial charge in [-0.3, -0.25) is 4.99 Å². The van der Waals surface area contributed by atoms with Crippen LogP contribution in [0.15, 0.2) is 41.5 Å². The first kappa shape index (κ1) is 22.9. The van der Waals surface area contributed by atoms with E-state index in [1.54, 1.807) is 7.05 Å². The Labute approximate surface area is 186 Å². The number of aromatic nitrogens is 1. The van der Waals surface area contributed by atoms with E-state index in [1.807, 2.05) is 20.0 Å². The molecule has 0 amide bonds. The lowest BCUT2D eigenvalue weighted by Crippen LogP contribution is -2.44. The maximum Gasteiger partial charge on any atom is 0.191 e. The summed E-state index contributed by atoms with van der Waals surface area (Å²) in [5.74, 6) is 2.72. The Balaban J connectivity index is 1.52. The van der Waals surface area contributed by atoms with Crippen LogP contribution in [0.4, 0.5) is 5.82 Å². The van der Waals surface area contributed by atoms with Gasteiger partial charge in [0, 0.05) is 58.1 Å². The van der Waals surface area contributed by atoms with Gasteiger partial charge >= 0.3 is 0 Å². The smallest absolute Gasteiger partial charge is 0.191 e. The average Bonchev–Trinajstić information content (AvgIpc) is 2.75. The summed E-state index contributed by atoms with van der Waals surface area (Å²) in [4.78, 5) is 13.7.